The molecular weight excluding hydrogens is 301 g/mol. The minimum Gasteiger partial charge on any atom is -0.412 e. The first kappa shape index (κ1) is 82.1. The van der Waals surface area contributed by atoms with Crippen LogP contribution in [0.1, 0.15) is 0 Å². The summed E-state index contributed by atoms with van der Waals surface area (Å²) in [6, 6.07) is 0. The first-order chi connectivity index (χ1) is 1.73. The Morgan fingerprint density at radius 1 is 0.800 bits per heavy atom. The van der Waals surface area contributed by atoms with Gasteiger partial charge in [0.15, 0.2) is 0 Å². The maximum absolute atomic E-state index is 8.25. The third-order valence-electron chi connectivity index (χ3n) is 0. The van der Waals surface area contributed by atoms with Crippen molar-refractivity contribution in [3.05, 3.63) is 15.3 Å². The van der Waals surface area contributed by atoms with Gasteiger partial charge in [0, 0.05) is 0 Å². The third-order valence-corrected chi connectivity index (χ3v) is 0. The van der Waals surface area contributed by atoms with Crippen LogP contribution < -0.4 is 0 Å². The standard InChI is InChI=1S/NO3.5H2O.Tb/c2-1(3)4;;;;;;/h;5*1H2;/q-1;;;;;;+3. The van der Waals surface area contributed by atoms with Crippen molar-refractivity contribution in [2.45, 2.75) is 0 Å². The average Bonchev–Trinajstić information content (AvgIpc) is 0.811. The minimum absolute atomic E-state index is 0. The summed E-state index contributed by atoms with van der Waals surface area (Å²) in [4.78, 5) is 8.25. The molecule has 0 aromatic heterocycles. The summed E-state index contributed by atoms with van der Waals surface area (Å²) in [6.07, 6.45) is 0. The van der Waals surface area contributed by atoms with Gasteiger partial charge in [-0.05, 0) is 0 Å². The Labute approximate surface area is 86.1 Å². The van der Waals surface area contributed by atoms with Gasteiger partial charge in [0.05, 0.1) is 5.09 Å². The Hall–Kier alpha value is 0.286. The zero-order valence-electron chi connectivity index (χ0n) is 4.51. The van der Waals surface area contributed by atoms with Crippen LogP contribution in [0.5, 0.6) is 0 Å². The molecule has 0 bridgehead atoms. The zero-order valence-corrected chi connectivity index (χ0v) is 6.64. The van der Waals surface area contributed by atoms with Crippen LogP contribution in [0.25, 0.3) is 0 Å². The van der Waals surface area contributed by atoms with Crippen LogP contribution in [0.4, 0.5) is 0 Å². The molecule has 0 saturated heterocycles. The molecule has 0 aromatic carbocycles. The fourth-order valence-electron chi connectivity index (χ4n) is 0. The SMILES string of the molecule is O.O.O.O.O.O=[N+]([O-])[O-].[Tb+3]. The van der Waals surface area contributed by atoms with Gasteiger partial charge in [-0.1, -0.05) is 0 Å². The van der Waals surface area contributed by atoms with Gasteiger partial charge < -0.3 is 42.7 Å². The molecule has 0 unspecified atom stereocenters. The second-order valence-electron chi connectivity index (χ2n) is 0.224. The molecule has 10 N–H and O–H groups in total. The maximum atomic E-state index is 8.25. The molecule has 10 heteroatoms. The summed E-state index contributed by atoms with van der Waals surface area (Å²) in [6.45, 7) is 0. The van der Waals surface area contributed by atoms with Crippen LogP contribution in [0.2, 0.25) is 0 Å². The maximum Gasteiger partial charge on any atom is 3.00 e. The van der Waals surface area contributed by atoms with Crippen LogP contribution >= 0.6 is 0 Å². The van der Waals surface area contributed by atoms with Crippen LogP contribution in [0, 0.1) is 53.9 Å². The van der Waals surface area contributed by atoms with Gasteiger partial charge in [0.2, 0.25) is 0 Å². The zero-order chi connectivity index (χ0) is 3.58. The van der Waals surface area contributed by atoms with Crippen molar-refractivity contribution < 1.29 is 71.1 Å². The van der Waals surface area contributed by atoms with Crippen LogP contribution in [0.15, 0.2) is 0 Å². The van der Waals surface area contributed by atoms with Gasteiger partial charge in [-0.15, -0.1) is 0 Å². The van der Waals surface area contributed by atoms with E-state index in [0.717, 1.165) is 0 Å². The Morgan fingerprint density at radius 2 is 0.800 bits per heavy atom. The van der Waals surface area contributed by atoms with Crippen molar-refractivity contribution in [2.75, 3.05) is 0 Å². The molecule has 0 aromatic rings. The molecular formula is H10NO8Tb+2. The first-order valence-electron chi connectivity index (χ1n) is 0.548. The van der Waals surface area contributed by atoms with Gasteiger partial charge in [-0.25, -0.2) is 0 Å². The Morgan fingerprint density at radius 3 is 0.800 bits per heavy atom. The van der Waals surface area contributed by atoms with Crippen molar-refractivity contribution in [3.8, 4) is 0 Å². The van der Waals surface area contributed by atoms with Crippen molar-refractivity contribution >= 4 is 0 Å². The second kappa shape index (κ2) is 59.0. The molecule has 0 amide bonds. The van der Waals surface area contributed by atoms with E-state index in [-0.39, 0.29) is 66.0 Å². The van der Waals surface area contributed by atoms with Gasteiger partial charge >= 0.3 is 38.6 Å². The van der Waals surface area contributed by atoms with Crippen LogP contribution in [-0.4, -0.2) is 32.5 Å². The molecule has 0 heterocycles. The Balaban J connectivity index is -0.00000000300. The quantitative estimate of drug-likeness (QED) is 0.319. The third kappa shape index (κ3) is 5390. The smallest absolute Gasteiger partial charge is 0.412 e. The predicted molar refractivity (Wildman–Crippen MR) is 28.4 cm³/mol. The van der Waals surface area contributed by atoms with Crippen molar-refractivity contribution in [1.82, 2.24) is 0 Å². The van der Waals surface area contributed by atoms with Gasteiger partial charge in [0.25, 0.3) is 0 Å². The fourth-order valence-corrected chi connectivity index (χ4v) is 0. The average molecular weight is 311 g/mol. The first-order valence-corrected chi connectivity index (χ1v) is 0.548. The van der Waals surface area contributed by atoms with E-state index in [2.05, 4.69) is 0 Å². The second-order valence-corrected chi connectivity index (χ2v) is 0.224. The summed E-state index contributed by atoms with van der Waals surface area (Å²) in [5.41, 5.74) is 0. The molecule has 10 heavy (non-hydrogen) atoms. The largest absolute Gasteiger partial charge is 3.00 e. The van der Waals surface area contributed by atoms with E-state index in [1.165, 1.54) is 0 Å². The topological polar surface area (TPSA) is 224 Å². The molecule has 0 fully saturated rings. The molecule has 0 aliphatic heterocycles. The molecule has 0 saturated carbocycles. The van der Waals surface area contributed by atoms with E-state index in [9.17, 15) is 0 Å². The summed E-state index contributed by atoms with van der Waals surface area (Å²) in [7, 11) is 0. The molecule has 0 aliphatic carbocycles. The summed E-state index contributed by atoms with van der Waals surface area (Å²) in [5.74, 6) is 0. The minimum atomic E-state index is -1.75. The predicted octanol–water partition coefficient (Wildman–Crippen LogP) is -4.36. The molecule has 0 radical (unpaired) electrons. The summed E-state index contributed by atoms with van der Waals surface area (Å²) >= 11 is 0. The molecule has 0 spiro atoms. The van der Waals surface area contributed by atoms with E-state index in [1.807, 2.05) is 0 Å². The van der Waals surface area contributed by atoms with Crippen molar-refractivity contribution in [2.24, 2.45) is 0 Å². The van der Waals surface area contributed by atoms with E-state index < -0.39 is 5.09 Å². The number of rotatable bonds is 0. The van der Waals surface area contributed by atoms with E-state index in [4.69, 9.17) is 15.3 Å². The molecule has 0 aliphatic rings. The summed E-state index contributed by atoms with van der Waals surface area (Å²) in [5, 5.41) is 14.8. The van der Waals surface area contributed by atoms with Gasteiger partial charge in [-0.2, -0.15) is 0 Å². The molecule has 0 rings (SSSR count). The van der Waals surface area contributed by atoms with Crippen molar-refractivity contribution in [3.63, 3.8) is 0 Å². The Bertz CT molecular complexity index is 32.2. The molecule has 9 nitrogen and oxygen atoms in total. The fraction of sp³-hybridized carbons (Fsp3) is 0. The Kier molecular flexibility index (Phi) is 485. The molecule has 0 atom stereocenters. The van der Waals surface area contributed by atoms with E-state index in [0.29, 0.717) is 0 Å². The summed E-state index contributed by atoms with van der Waals surface area (Å²) < 4.78 is 0. The number of nitrogens with zero attached hydrogens (tertiary/aromatic N) is 1. The van der Waals surface area contributed by atoms with E-state index >= 15 is 0 Å². The number of hydrogen-bond acceptors (Lipinski definition) is 3. The van der Waals surface area contributed by atoms with Gasteiger partial charge in [-0.3, -0.25) is 0 Å². The van der Waals surface area contributed by atoms with Crippen LogP contribution in [0.3, 0.4) is 0 Å². The van der Waals surface area contributed by atoms with Gasteiger partial charge in [0.1, 0.15) is 0 Å². The monoisotopic (exact) mass is 311 g/mol. The normalized spacial score (nSPS) is 2.40. The number of hydrogen-bond donors (Lipinski definition) is 0. The van der Waals surface area contributed by atoms with Crippen molar-refractivity contribution in [1.29, 1.82) is 0 Å². The molecule has 70 valence electrons. The van der Waals surface area contributed by atoms with Crippen LogP contribution in [-0.2, 0) is 0 Å². The van der Waals surface area contributed by atoms with E-state index in [1.54, 1.807) is 0 Å².